The number of carbonyl (C=O) groups excluding carboxylic acids is 2. The fourth-order valence-corrected chi connectivity index (χ4v) is 0.932. The number of azo groups is 1. The summed E-state index contributed by atoms with van der Waals surface area (Å²) >= 11 is 0. The lowest BCUT2D eigenvalue weighted by Crippen LogP contribution is -2.12. The Hall–Kier alpha value is -1.91. The zero-order valence-electron chi connectivity index (χ0n) is 5.89. The maximum atomic E-state index is 11.0. The van der Waals surface area contributed by atoms with Gasteiger partial charge >= 0.3 is 0 Å². The molecule has 0 aromatic carbocycles. The molecule has 2 aliphatic heterocycles. The van der Waals surface area contributed by atoms with Crippen molar-refractivity contribution in [1.29, 1.82) is 0 Å². The Labute approximate surface area is 67.2 Å². The molecule has 0 aromatic rings. The summed E-state index contributed by atoms with van der Waals surface area (Å²) in [7, 11) is 0. The van der Waals surface area contributed by atoms with E-state index in [4.69, 9.17) is 0 Å². The number of rotatable bonds is 0. The summed E-state index contributed by atoms with van der Waals surface area (Å²) in [5, 5.41) is 6.71. The number of hydrogen-bond donors (Lipinski definition) is 0. The van der Waals surface area contributed by atoms with E-state index in [1.54, 1.807) is 0 Å². The van der Waals surface area contributed by atoms with Gasteiger partial charge in [-0.1, -0.05) is 0 Å². The molecule has 2 amide bonds. The first kappa shape index (κ1) is 6.78. The molecule has 58 valence electrons. The normalized spacial score (nSPS) is 20.3. The zero-order chi connectivity index (χ0) is 8.55. The standard InChI is InChI=1S/C7H3N3O2/c11-6-1-5-4(2-8-6)3-9-10-7(5)12/h1-3H. The molecule has 2 aliphatic rings. The predicted molar refractivity (Wildman–Crippen MR) is 39.5 cm³/mol. The van der Waals surface area contributed by atoms with Gasteiger partial charge in [0.1, 0.15) is 0 Å². The molecular weight excluding hydrogens is 158 g/mol. The lowest BCUT2D eigenvalue weighted by molar-refractivity contribution is -0.116. The van der Waals surface area contributed by atoms with Gasteiger partial charge in [0.25, 0.3) is 11.8 Å². The Morgan fingerprint density at radius 2 is 2.08 bits per heavy atom. The van der Waals surface area contributed by atoms with Crippen LogP contribution in [0.25, 0.3) is 0 Å². The molecule has 0 saturated carbocycles. The van der Waals surface area contributed by atoms with E-state index < -0.39 is 11.8 Å². The van der Waals surface area contributed by atoms with Gasteiger partial charge in [-0.25, -0.2) is 4.99 Å². The highest BCUT2D eigenvalue weighted by atomic mass is 16.2. The zero-order valence-corrected chi connectivity index (χ0v) is 5.89. The van der Waals surface area contributed by atoms with Crippen LogP contribution in [0, 0.1) is 0 Å². The first-order chi connectivity index (χ1) is 5.77. The minimum Gasteiger partial charge on any atom is -0.267 e. The van der Waals surface area contributed by atoms with Crippen molar-refractivity contribution in [2.24, 2.45) is 15.2 Å². The van der Waals surface area contributed by atoms with E-state index in [-0.39, 0.29) is 5.57 Å². The Morgan fingerprint density at radius 3 is 2.92 bits per heavy atom. The second-order valence-corrected chi connectivity index (χ2v) is 2.26. The molecule has 2 heterocycles. The minimum atomic E-state index is -0.494. The van der Waals surface area contributed by atoms with Gasteiger partial charge in [-0.15, -0.1) is 5.11 Å². The minimum absolute atomic E-state index is 0.269. The summed E-state index contributed by atoms with van der Waals surface area (Å²) in [5.74, 6) is -0.931. The van der Waals surface area contributed by atoms with Crippen LogP contribution >= 0.6 is 0 Å². The summed E-state index contributed by atoms with van der Waals surface area (Å²) in [6.07, 6.45) is 3.86. The Bertz CT molecular complexity index is 387. The second kappa shape index (κ2) is 2.30. The maximum absolute atomic E-state index is 11.0. The van der Waals surface area contributed by atoms with Gasteiger partial charge in [0.2, 0.25) is 0 Å². The van der Waals surface area contributed by atoms with Crippen molar-refractivity contribution in [2.75, 3.05) is 0 Å². The Kier molecular flexibility index (Phi) is 1.30. The van der Waals surface area contributed by atoms with Crippen molar-refractivity contribution in [3.8, 4) is 0 Å². The van der Waals surface area contributed by atoms with Crippen molar-refractivity contribution in [3.05, 3.63) is 23.4 Å². The third kappa shape index (κ3) is 0.914. The molecule has 0 radical (unpaired) electrons. The van der Waals surface area contributed by atoms with Gasteiger partial charge < -0.3 is 0 Å². The topological polar surface area (TPSA) is 71.2 Å². The van der Waals surface area contributed by atoms with E-state index in [1.807, 2.05) is 0 Å². The average Bonchev–Trinajstić information content (AvgIpc) is 2.07. The number of dihydropyridines is 1. The molecule has 5 heteroatoms. The van der Waals surface area contributed by atoms with E-state index in [9.17, 15) is 9.59 Å². The molecule has 0 N–H and O–H groups in total. The van der Waals surface area contributed by atoms with Crippen molar-refractivity contribution in [3.63, 3.8) is 0 Å². The monoisotopic (exact) mass is 161 g/mol. The smallest absolute Gasteiger partial charge is 0.267 e. The molecule has 0 atom stereocenters. The highest BCUT2D eigenvalue weighted by Crippen LogP contribution is 2.18. The second-order valence-electron chi connectivity index (χ2n) is 2.26. The van der Waals surface area contributed by atoms with Crippen molar-refractivity contribution in [1.82, 2.24) is 0 Å². The number of amides is 2. The molecule has 5 nitrogen and oxygen atoms in total. The van der Waals surface area contributed by atoms with Crippen molar-refractivity contribution in [2.45, 2.75) is 0 Å². The molecule has 12 heavy (non-hydrogen) atoms. The number of carbonyl (C=O) groups is 2. The molecule has 0 unspecified atom stereocenters. The average molecular weight is 161 g/mol. The van der Waals surface area contributed by atoms with E-state index in [0.29, 0.717) is 5.57 Å². The first-order valence-electron chi connectivity index (χ1n) is 3.23. The van der Waals surface area contributed by atoms with E-state index in [2.05, 4.69) is 15.2 Å². The molecule has 2 rings (SSSR count). The molecule has 0 bridgehead atoms. The largest absolute Gasteiger partial charge is 0.296 e. The van der Waals surface area contributed by atoms with Crippen LogP contribution in [0.4, 0.5) is 0 Å². The maximum Gasteiger partial charge on any atom is 0.296 e. The SMILES string of the molecule is O=C1C=C2C(=O)N=NC=C2C=N1. The summed E-state index contributed by atoms with van der Waals surface area (Å²) in [6.45, 7) is 0. The number of hydrogen-bond acceptors (Lipinski definition) is 3. The fraction of sp³-hybridized carbons (Fsp3) is 0. The van der Waals surface area contributed by atoms with Crippen LogP contribution in [0.15, 0.2) is 38.6 Å². The molecule has 0 aliphatic carbocycles. The van der Waals surface area contributed by atoms with Crippen LogP contribution < -0.4 is 0 Å². The van der Waals surface area contributed by atoms with Crippen LogP contribution in [0.5, 0.6) is 0 Å². The fourth-order valence-electron chi connectivity index (χ4n) is 0.932. The van der Waals surface area contributed by atoms with E-state index in [0.717, 1.165) is 6.08 Å². The summed E-state index contributed by atoms with van der Waals surface area (Å²) in [4.78, 5) is 25.2. The van der Waals surface area contributed by atoms with Crippen LogP contribution in [-0.2, 0) is 9.59 Å². The van der Waals surface area contributed by atoms with Gasteiger partial charge in [0.05, 0.1) is 11.8 Å². The molecule has 0 aromatic heterocycles. The lowest BCUT2D eigenvalue weighted by Gasteiger charge is -2.07. The van der Waals surface area contributed by atoms with Gasteiger partial charge in [0.15, 0.2) is 0 Å². The quantitative estimate of drug-likeness (QED) is 0.515. The van der Waals surface area contributed by atoms with Crippen LogP contribution in [-0.4, -0.2) is 18.0 Å². The van der Waals surface area contributed by atoms with Gasteiger partial charge in [-0.05, 0) is 0 Å². The van der Waals surface area contributed by atoms with Crippen LogP contribution in [0.1, 0.15) is 0 Å². The van der Waals surface area contributed by atoms with Crippen molar-refractivity contribution < 1.29 is 9.59 Å². The summed E-state index contributed by atoms with van der Waals surface area (Å²) < 4.78 is 0. The first-order valence-corrected chi connectivity index (χ1v) is 3.23. The number of nitrogens with zero attached hydrogens (tertiary/aromatic N) is 3. The molecule has 0 fully saturated rings. The van der Waals surface area contributed by atoms with Crippen LogP contribution in [0.3, 0.4) is 0 Å². The third-order valence-electron chi connectivity index (χ3n) is 1.49. The summed E-state index contributed by atoms with van der Waals surface area (Å²) in [5.41, 5.74) is 0.805. The number of fused-ring (bicyclic) bond motifs is 1. The Morgan fingerprint density at radius 1 is 1.25 bits per heavy atom. The van der Waals surface area contributed by atoms with Gasteiger partial charge in [0, 0.05) is 17.9 Å². The lowest BCUT2D eigenvalue weighted by atomic mass is 10.0. The highest BCUT2D eigenvalue weighted by Gasteiger charge is 2.20. The third-order valence-corrected chi connectivity index (χ3v) is 1.49. The van der Waals surface area contributed by atoms with Crippen LogP contribution in [0.2, 0.25) is 0 Å². The summed E-state index contributed by atoms with van der Waals surface area (Å²) in [6, 6.07) is 0. The number of aliphatic imine (C=N–C) groups is 1. The van der Waals surface area contributed by atoms with Gasteiger partial charge in [-0.3, -0.25) is 9.59 Å². The molecular formula is C7H3N3O2. The highest BCUT2D eigenvalue weighted by molar-refractivity contribution is 6.16. The van der Waals surface area contributed by atoms with Gasteiger partial charge in [-0.2, -0.15) is 5.11 Å². The van der Waals surface area contributed by atoms with E-state index >= 15 is 0 Å². The predicted octanol–water partition coefficient (Wildman–Crippen LogP) is 0.400. The van der Waals surface area contributed by atoms with Crippen molar-refractivity contribution >= 4 is 18.0 Å². The molecule has 0 saturated heterocycles. The van der Waals surface area contributed by atoms with E-state index in [1.165, 1.54) is 12.4 Å². The molecule has 0 spiro atoms. The Balaban J connectivity index is 2.53.